The molecule has 0 radical (unpaired) electrons. The van der Waals surface area contributed by atoms with Crippen molar-refractivity contribution in [2.24, 2.45) is 10.2 Å². The molecule has 4 aromatic carbocycles. The molecule has 2 amide bonds. The minimum Gasteiger partial charge on any atom is -0.262 e. The van der Waals surface area contributed by atoms with Crippen LogP contribution in [0.3, 0.4) is 0 Å². The summed E-state index contributed by atoms with van der Waals surface area (Å²) in [6.45, 7) is 0. The van der Waals surface area contributed by atoms with Crippen molar-refractivity contribution < 1.29 is 9.59 Å². The van der Waals surface area contributed by atoms with Crippen LogP contribution in [-0.2, 0) is 9.59 Å². The van der Waals surface area contributed by atoms with Gasteiger partial charge in [-0.25, -0.2) is 10.9 Å². The van der Waals surface area contributed by atoms with E-state index in [4.69, 9.17) is 0 Å². The van der Waals surface area contributed by atoms with Gasteiger partial charge in [0.05, 0.1) is 12.4 Å². The Kier molecular flexibility index (Phi) is 7.33. The lowest BCUT2D eigenvalue weighted by Crippen LogP contribution is -2.35. The third kappa shape index (κ3) is 6.11. The summed E-state index contributed by atoms with van der Waals surface area (Å²) in [6.07, 6.45) is 2.94. The summed E-state index contributed by atoms with van der Waals surface area (Å²) in [5, 5.41) is 7.67. The average molecular weight is 447 g/mol. The largest absolute Gasteiger partial charge is 0.331 e. The highest BCUT2D eigenvalue weighted by Crippen LogP contribution is 2.19. The van der Waals surface area contributed by atoms with Crippen LogP contribution in [0.2, 0.25) is 0 Å². The molecular formula is C28H22N4O2. The van der Waals surface area contributed by atoms with E-state index in [-0.39, 0.29) is 0 Å². The number of carbonyl (C=O) groups is 2. The van der Waals surface area contributed by atoms with Gasteiger partial charge in [0.2, 0.25) is 0 Å². The molecule has 4 aromatic rings. The molecule has 0 spiro atoms. The van der Waals surface area contributed by atoms with Crippen LogP contribution in [0.1, 0.15) is 11.1 Å². The molecule has 0 heterocycles. The zero-order valence-electron chi connectivity index (χ0n) is 18.3. The SMILES string of the molecule is O=C(NN=Cc1ccc(-c2ccccc2)cc1)C(=O)NN=Cc1ccc(-c2ccccc2)cc1. The molecule has 4 rings (SSSR count). The van der Waals surface area contributed by atoms with Gasteiger partial charge in [-0.1, -0.05) is 109 Å². The van der Waals surface area contributed by atoms with Crippen molar-refractivity contribution in [2.75, 3.05) is 0 Å². The fourth-order valence-electron chi connectivity index (χ4n) is 3.22. The Bertz CT molecular complexity index is 1190. The van der Waals surface area contributed by atoms with Crippen LogP contribution >= 0.6 is 0 Å². The summed E-state index contributed by atoms with van der Waals surface area (Å²) in [5.41, 5.74) is 10.4. The monoisotopic (exact) mass is 446 g/mol. The second kappa shape index (κ2) is 11.2. The van der Waals surface area contributed by atoms with E-state index < -0.39 is 11.8 Å². The first-order chi connectivity index (χ1) is 16.7. The molecule has 0 saturated carbocycles. The number of nitrogens with one attached hydrogen (secondary N) is 2. The van der Waals surface area contributed by atoms with Crippen molar-refractivity contribution in [1.82, 2.24) is 10.9 Å². The first-order valence-electron chi connectivity index (χ1n) is 10.7. The molecule has 34 heavy (non-hydrogen) atoms. The van der Waals surface area contributed by atoms with Crippen LogP contribution in [0.5, 0.6) is 0 Å². The van der Waals surface area contributed by atoms with Gasteiger partial charge in [-0.2, -0.15) is 10.2 Å². The minimum absolute atomic E-state index is 0.789. The highest BCUT2D eigenvalue weighted by Gasteiger charge is 2.11. The fourth-order valence-corrected chi connectivity index (χ4v) is 3.22. The Morgan fingerprint density at radius 2 is 0.794 bits per heavy atom. The van der Waals surface area contributed by atoms with Crippen LogP contribution in [0.4, 0.5) is 0 Å². The van der Waals surface area contributed by atoms with E-state index in [0.29, 0.717) is 0 Å². The van der Waals surface area contributed by atoms with Gasteiger partial charge in [-0.15, -0.1) is 0 Å². The second-order valence-electron chi connectivity index (χ2n) is 7.37. The lowest BCUT2D eigenvalue weighted by Gasteiger charge is -2.02. The zero-order chi connectivity index (χ0) is 23.6. The Balaban J connectivity index is 1.25. The second-order valence-corrected chi connectivity index (χ2v) is 7.37. The predicted molar refractivity (Wildman–Crippen MR) is 135 cm³/mol. The molecule has 0 atom stereocenters. The zero-order valence-corrected chi connectivity index (χ0v) is 18.3. The topological polar surface area (TPSA) is 82.9 Å². The molecule has 0 fully saturated rings. The minimum atomic E-state index is -0.909. The summed E-state index contributed by atoms with van der Waals surface area (Å²) in [7, 11) is 0. The molecular weight excluding hydrogens is 424 g/mol. The van der Waals surface area contributed by atoms with Crippen molar-refractivity contribution in [2.45, 2.75) is 0 Å². The summed E-state index contributed by atoms with van der Waals surface area (Å²) in [4.78, 5) is 23.8. The van der Waals surface area contributed by atoms with Crippen molar-refractivity contribution in [1.29, 1.82) is 0 Å². The number of hydrogen-bond donors (Lipinski definition) is 2. The van der Waals surface area contributed by atoms with Crippen LogP contribution in [0, 0.1) is 0 Å². The Morgan fingerprint density at radius 3 is 1.15 bits per heavy atom. The molecule has 166 valence electrons. The van der Waals surface area contributed by atoms with E-state index in [1.165, 1.54) is 12.4 Å². The number of amides is 2. The van der Waals surface area contributed by atoms with E-state index in [2.05, 4.69) is 21.1 Å². The molecule has 0 unspecified atom stereocenters. The van der Waals surface area contributed by atoms with Gasteiger partial charge in [0.15, 0.2) is 0 Å². The van der Waals surface area contributed by atoms with E-state index in [1.807, 2.05) is 109 Å². The molecule has 2 N–H and O–H groups in total. The van der Waals surface area contributed by atoms with Crippen molar-refractivity contribution in [3.8, 4) is 22.3 Å². The maximum Gasteiger partial charge on any atom is 0.331 e. The van der Waals surface area contributed by atoms with Crippen molar-refractivity contribution in [3.05, 3.63) is 120 Å². The molecule has 6 nitrogen and oxygen atoms in total. The maximum atomic E-state index is 11.9. The van der Waals surface area contributed by atoms with Gasteiger partial charge in [0.1, 0.15) is 0 Å². The third-order valence-electron chi connectivity index (χ3n) is 5.00. The highest BCUT2D eigenvalue weighted by molar-refractivity contribution is 6.35. The number of carbonyl (C=O) groups excluding carboxylic acids is 2. The summed E-state index contributed by atoms with van der Waals surface area (Å²) >= 11 is 0. The molecule has 0 saturated heterocycles. The lowest BCUT2D eigenvalue weighted by atomic mass is 10.0. The van der Waals surface area contributed by atoms with Gasteiger partial charge < -0.3 is 0 Å². The number of nitrogens with zero attached hydrogens (tertiary/aromatic N) is 2. The Labute approximate surface area is 197 Å². The first kappa shape index (κ1) is 22.4. The van der Waals surface area contributed by atoms with E-state index in [9.17, 15) is 9.59 Å². The summed E-state index contributed by atoms with van der Waals surface area (Å²) in [5.74, 6) is -1.82. The average Bonchev–Trinajstić information content (AvgIpc) is 2.90. The lowest BCUT2D eigenvalue weighted by molar-refractivity contribution is -0.139. The predicted octanol–water partition coefficient (Wildman–Crippen LogP) is 4.62. The standard InChI is InChI=1S/C28H22N4O2/c33-27(31-29-19-21-11-15-25(16-12-21)23-7-3-1-4-8-23)28(34)32-30-20-22-13-17-26(18-14-22)24-9-5-2-6-10-24/h1-20H,(H,31,33)(H,32,34). The molecule has 0 aliphatic rings. The Hall–Kier alpha value is -4.84. The molecule has 0 aliphatic carbocycles. The summed E-state index contributed by atoms with van der Waals surface area (Å²) < 4.78 is 0. The molecule has 6 heteroatoms. The normalized spacial score (nSPS) is 10.9. The molecule has 0 bridgehead atoms. The van der Waals surface area contributed by atoms with Crippen LogP contribution in [-0.4, -0.2) is 24.2 Å². The van der Waals surface area contributed by atoms with Crippen molar-refractivity contribution in [3.63, 3.8) is 0 Å². The fraction of sp³-hybridized carbons (Fsp3) is 0. The third-order valence-corrected chi connectivity index (χ3v) is 5.00. The van der Waals surface area contributed by atoms with Crippen molar-refractivity contribution >= 4 is 24.2 Å². The number of rotatable bonds is 6. The number of hydrogen-bond acceptors (Lipinski definition) is 4. The van der Waals surface area contributed by atoms with Crippen LogP contribution < -0.4 is 10.9 Å². The van der Waals surface area contributed by atoms with E-state index >= 15 is 0 Å². The van der Waals surface area contributed by atoms with Gasteiger partial charge >= 0.3 is 11.8 Å². The molecule has 0 aromatic heterocycles. The van der Waals surface area contributed by atoms with Gasteiger partial charge in [0, 0.05) is 0 Å². The van der Waals surface area contributed by atoms with Gasteiger partial charge in [0.25, 0.3) is 0 Å². The quantitative estimate of drug-likeness (QED) is 0.257. The first-order valence-corrected chi connectivity index (χ1v) is 10.7. The molecule has 0 aliphatic heterocycles. The van der Waals surface area contributed by atoms with Gasteiger partial charge in [-0.3, -0.25) is 9.59 Å². The van der Waals surface area contributed by atoms with Crippen LogP contribution in [0.25, 0.3) is 22.3 Å². The highest BCUT2D eigenvalue weighted by atomic mass is 16.2. The number of hydrazone groups is 2. The van der Waals surface area contributed by atoms with Crippen LogP contribution in [0.15, 0.2) is 119 Å². The van der Waals surface area contributed by atoms with Gasteiger partial charge in [-0.05, 0) is 33.4 Å². The summed E-state index contributed by atoms with van der Waals surface area (Å²) in [6, 6.07) is 35.4. The van der Waals surface area contributed by atoms with E-state index in [0.717, 1.165) is 33.4 Å². The van der Waals surface area contributed by atoms with E-state index in [1.54, 1.807) is 0 Å². The Morgan fingerprint density at radius 1 is 0.471 bits per heavy atom. The number of benzene rings is 4. The smallest absolute Gasteiger partial charge is 0.262 e. The maximum absolute atomic E-state index is 11.9.